The molecular formula is C14H19NO. The average molecular weight is 217 g/mol. The highest BCUT2D eigenvalue weighted by atomic mass is 16.3. The molecule has 0 bridgehead atoms. The summed E-state index contributed by atoms with van der Waals surface area (Å²) in [5, 5.41) is 18.5. The Labute approximate surface area is 97.5 Å². The van der Waals surface area contributed by atoms with Crippen LogP contribution in [0.2, 0.25) is 0 Å². The summed E-state index contributed by atoms with van der Waals surface area (Å²) in [5.74, 6) is 0. The zero-order chi connectivity index (χ0) is 12.2. The summed E-state index contributed by atoms with van der Waals surface area (Å²) in [4.78, 5) is 0. The van der Waals surface area contributed by atoms with Gasteiger partial charge in [-0.15, -0.1) is 0 Å². The summed E-state index contributed by atoms with van der Waals surface area (Å²) < 4.78 is 0. The van der Waals surface area contributed by atoms with Crippen LogP contribution in [0.1, 0.15) is 43.4 Å². The molecule has 1 N–H and O–H groups in total. The van der Waals surface area contributed by atoms with E-state index in [9.17, 15) is 5.11 Å². The van der Waals surface area contributed by atoms with E-state index in [1.54, 1.807) is 0 Å². The van der Waals surface area contributed by atoms with Gasteiger partial charge in [0, 0.05) is 0 Å². The van der Waals surface area contributed by atoms with Crippen LogP contribution in [-0.4, -0.2) is 10.7 Å². The Morgan fingerprint density at radius 1 is 1.38 bits per heavy atom. The van der Waals surface area contributed by atoms with Crippen molar-refractivity contribution in [3.8, 4) is 6.07 Å². The topological polar surface area (TPSA) is 44.0 Å². The molecule has 2 nitrogen and oxygen atoms in total. The van der Waals surface area contributed by atoms with Crippen molar-refractivity contribution >= 4 is 0 Å². The van der Waals surface area contributed by atoms with Crippen molar-refractivity contribution < 1.29 is 5.11 Å². The predicted molar refractivity (Wildman–Crippen MR) is 65.1 cm³/mol. The first-order valence-electron chi connectivity index (χ1n) is 5.64. The predicted octanol–water partition coefficient (Wildman–Crippen LogP) is 2.96. The second-order valence-electron chi connectivity index (χ2n) is 4.93. The Morgan fingerprint density at radius 2 is 2.06 bits per heavy atom. The van der Waals surface area contributed by atoms with Gasteiger partial charge in [-0.1, -0.05) is 12.1 Å². The Balaban J connectivity index is 2.59. The maximum atomic E-state index is 9.59. The fourth-order valence-electron chi connectivity index (χ4n) is 1.67. The quantitative estimate of drug-likeness (QED) is 0.842. The zero-order valence-corrected chi connectivity index (χ0v) is 10.2. The summed E-state index contributed by atoms with van der Waals surface area (Å²) in [6.45, 7) is 5.59. The molecule has 1 aromatic carbocycles. The van der Waals surface area contributed by atoms with Gasteiger partial charge >= 0.3 is 0 Å². The molecule has 0 unspecified atom stereocenters. The number of rotatable bonds is 4. The van der Waals surface area contributed by atoms with E-state index in [-0.39, 0.29) is 0 Å². The Morgan fingerprint density at radius 3 is 2.62 bits per heavy atom. The van der Waals surface area contributed by atoms with Crippen LogP contribution in [0.25, 0.3) is 0 Å². The van der Waals surface area contributed by atoms with Gasteiger partial charge < -0.3 is 5.11 Å². The lowest BCUT2D eigenvalue weighted by molar-refractivity contribution is 0.0689. The molecule has 0 saturated heterocycles. The Hall–Kier alpha value is -1.33. The fraction of sp³-hybridized carbons (Fsp3) is 0.500. The van der Waals surface area contributed by atoms with E-state index in [4.69, 9.17) is 5.26 Å². The summed E-state index contributed by atoms with van der Waals surface area (Å²) in [6.07, 6.45) is 2.64. The molecular weight excluding hydrogens is 198 g/mol. The number of aryl methyl sites for hydroxylation is 2. The van der Waals surface area contributed by atoms with Gasteiger partial charge in [-0.2, -0.15) is 5.26 Å². The van der Waals surface area contributed by atoms with Crippen LogP contribution in [0.4, 0.5) is 0 Å². The standard InChI is InChI=1S/C14H19NO/c1-11-6-7-12(9-13(11)10-15)5-4-8-14(2,3)16/h6-7,9,16H,4-5,8H2,1-3H3. The summed E-state index contributed by atoms with van der Waals surface area (Å²) in [6, 6.07) is 8.18. The van der Waals surface area contributed by atoms with Gasteiger partial charge in [0.05, 0.1) is 17.2 Å². The first kappa shape index (κ1) is 12.7. The maximum Gasteiger partial charge on any atom is 0.0994 e. The smallest absolute Gasteiger partial charge is 0.0994 e. The molecule has 0 fully saturated rings. The number of aliphatic hydroxyl groups is 1. The van der Waals surface area contributed by atoms with Crippen molar-refractivity contribution in [2.45, 2.75) is 45.6 Å². The SMILES string of the molecule is Cc1ccc(CCCC(C)(C)O)cc1C#N. The molecule has 16 heavy (non-hydrogen) atoms. The molecule has 86 valence electrons. The minimum atomic E-state index is -0.594. The first-order chi connectivity index (χ1) is 7.42. The van der Waals surface area contributed by atoms with E-state index in [1.165, 1.54) is 5.56 Å². The van der Waals surface area contributed by atoms with E-state index in [1.807, 2.05) is 32.9 Å². The molecule has 1 aromatic rings. The van der Waals surface area contributed by atoms with E-state index in [0.29, 0.717) is 0 Å². The lowest BCUT2D eigenvalue weighted by Gasteiger charge is -2.16. The normalized spacial score (nSPS) is 11.2. The van der Waals surface area contributed by atoms with Gasteiger partial charge in [0.15, 0.2) is 0 Å². The Bertz CT molecular complexity index is 396. The van der Waals surface area contributed by atoms with E-state index in [0.717, 1.165) is 30.4 Å². The van der Waals surface area contributed by atoms with Crippen molar-refractivity contribution in [2.24, 2.45) is 0 Å². The minimum Gasteiger partial charge on any atom is -0.390 e. The zero-order valence-electron chi connectivity index (χ0n) is 10.2. The first-order valence-corrected chi connectivity index (χ1v) is 5.64. The molecule has 2 heteroatoms. The van der Waals surface area contributed by atoms with Crippen molar-refractivity contribution in [1.29, 1.82) is 5.26 Å². The van der Waals surface area contributed by atoms with Crippen LogP contribution in [-0.2, 0) is 6.42 Å². The average Bonchev–Trinajstić information content (AvgIpc) is 2.18. The van der Waals surface area contributed by atoms with Gasteiger partial charge in [-0.05, 0) is 57.2 Å². The van der Waals surface area contributed by atoms with E-state index < -0.39 is 5.60 Å². The molecule has 0 saturated carbocycles. The summed E-state index contributed by atoms with van der Waals surface area (Å²) in [7, 11) is 0. The lowest BCUT2D eigenvalue weighted by atomic mass is 9.97. The van der Waals surface area contributed by atoms with Gasteiger partial charge in [-0.25, -0.2) is 0 Å². The number of hydrogen-bond donors (Lipinski definition) is 1. The van der Waals surface area contributed by atoms with Gasteiger partial charge in [0.1, 0.15) is 0 Å². The molecule has 0 spiro atoms. The molecule has 1 rings (SSSR count). The largest absolute Gasteiger partial charge is 0.390 e. The highest BCUT2D eigenvalue weighted by Crippen LogP contribution is 2.16. The van der Waals surface area contributed by atoms with Crippen molar-refractivity contribution in [1.82, 2.24) is 0 Å². The third-order valence-electron chi connectivity index (χ3n) is 2.68. The van der Waals surface area contributed by atoms with Gasteiger partial charge in [0.25, 0.3) is 0 Å². The fourth-order valence-corrected chi connectivity index (χ4v) is 1.67. The van der Waals surface area contributed by atoms with Gasteiger partial charge in [-0.3, -0.25) is 0 Å². The third-order valence-corrected chi connectivity index (χ3v) is 2.68. The molecule has 0 aliphatic rings. The lowest BCUT2D eigenvalue weighted by Crippen LogP contribution is -2.18. The minimum absolute atomic E-state index is 0.594. The molecule has 0 amide bonds. The number of benzene rings is 1. The van der Waals surface area contributed by atoms with Crippen LogP contribution >= 0.6 is 0 Å². The van der Waals surface area contributed by atoms with Crippen molar-refractivity contribution in [2.75, 3.05) is 0 Å². The molecule has 0 radical (unpaired) electrons. The third kappa shape index (κ3) is 4.04. The Kier molecular flexibility index (Phi) is 4.09. The molecule has 0 heterocycles. The summed E-state index contributed by atoms with van der Waals surface area (Å²) in [5.41, 5.74) is 2.35. The second kappa shape index (κ2) is 5.14. The number of nitriles is 1. The van der Waals surface area contributed by atoms with Crippen LogP contribution in [0.3, 0.4) is 0 Å². The number of nitrogens with zero attached hydrogens (tertiary/aromatic N) is 1. The molecule has 0 aromatic heterocycles. The van der Waals surface area contributed by atoms with Crippen LogP contribution in [0.5, 0.6) is 0 Å². The maximum absolute atomic E-state index is 9.59. The summed E-state index contributed by atoms with van der Waals surface area (Å²) >= 11 is 0. The van der Waals surface area contributed by atoms with Crippen molar-refractivity contribution in [3.05, 3.63) is 34.9 Å². The van der Waals surface area contributed by atoms with Crippen LogP contribution in [0, 0.1) is 18.3 Å². The number of hydrogen-bond acceptors (Lipinski definition) is 2. The van der Waals surface area contributed by atoms with E-state index >= 15 is 0 Å². The van der Waals surface area contributed by atoms with Crippen molar-refractivity contribution in [3.63, 3.8) is 0 Å². The van der Waals surface area contributed by atoms with Crippen LogP contribution < -0.4 is 0 Å². The van der Waals surface area contributed by atoms with E-state index in [2.05, 4.69) is 12.1 Å². The highest BCUT2D eigenvalue weighted by molar-refractivity contribution is 5.39. The molecule has 0 aliphatic heterocycles. The van der Waals surface area contributed by atoms with Crippen LogP contribution in [0.15, 0.2) is 18.2 Å². The van der Waals surface area contributed by atoms with Gasteiger partial charge in [0.2, 0.25) is 0 Å². The molecule has 0 atom stereocenters. The highest BCUT2D eigenvalue weighted by Gasteiger charge is 2.11. The monoisotopic (exact) mass is 217 g/mol. The second-order valence-corrected chi connectivity index (χ2v) is 4.93. The molecule has 0 aliphatic carbocycles.